The van der Waals surface area contributed by atoms with Crippen molar-refractivity contribution in [3.8, 4) is 5.75 Å². The summed E-state index contributed by atoms with van der Waals surface area (Å²) in [7, 11) is 1.58. The van der Waals surface area contributed by atoms with Crippen molar-refractivity contribution in [3.63, 3.8) is 0 Å². The molecule has 23 heavy (non-hydrogen) atoms. The maximum atomic E-state index is 13.1. The van der Waals surface area contributed by atoms with Crippen LogP contribution in [0.4, 0.5) is 0 Å². The minimum atomic E-state index is -0.330. The zero-order valence-electron chi connectivity index (χ0n) is 13.8. The molecule has 2 atom stereocenters. The lowest BCUT2D eigenvalue weighted by Crippen LogP contribution is -2.63. The Balaban J connectivity index is 1.93. The van der Waals surface area contributed by atoms with Crippen LogP contribution in [0.2, 0.25) is 0 Å². The number of likely N-dealkylation sites (tertiary alicyclic amines) is 1. The molecule has 1 aromatic rings. The molecule has 0 aliphatic carbocycles. The SMILES string of the molecule is COc1ccccc1C(=O)N1CCCC[C@]2(C)NC(=O)CC[C@H]12. The highest BCUT2D eigenvalue weighted by Crippen LogP contribution is 2.34. The Kier molecular flexibility index (Phi) is 4.28. The summed E-state index contributed by atoms with van der Waals surface area (Å²) < 4.78 is 5.35. The maximum Gasteiger partial charge on any atom is 0.257 e. The van der Waals surface area contributed by atoms with Gasteiger partial charge >= 0.3 is 0 Å². The van der Waals surface area contributed by atoms with Gasteiger partial charge in [0, 0.05) is 13.0 Å². The summed E-state index contributed by atoms with van der Waals surface area (Å²) in [6, 6.07) is 7.39. The third-order valence-corrected chi connectivity index (χ3v) is 5.12. The molecule has 2 aliphatic heterocycles. The molecule has 5 heteroatoms. The molecule has 2 saturated heterocycles. The number of ether oxygens (including phenoxy) is 1. The second-order valence-electron chi connectivity index (χ2n) is 6.68. The van der Waals surface area contributed by atoms with Gasteiger partial charge in [-0.2, -0.15) is 0 Å². The molecule has 0 bridgehead atoms. The fraction of sp³-hybridized carbons (Fsp3) is 0.556. The molecule has 124 valence electrons. The number of amides is 2. The van der Waals surface area contributed by atoms with E-state index >= 15 is 0 Å². The smallest absolute Gasteiger partial charge is 0.257 e. The standard InChI is InChI=1S/C18H24N2O3/c1-18-11-5-6-12-20(15(18)9-10-16(21)19-18)17(22)13-7-3-4-8-14(13)23-2/h3-4,7-8,15H,5-6,9-12H2,1-2H3,(H,19,21)/t15-,18-/m0/s1. The lowest BCUT2D eigenvalue weighted by Gasteiger charge is -2.46. The Morgan fingerprint density at radius 1 is 1.35 bits per heavy atom. The Labute approximate surface area is 137 Å². The van der Waals surface area contributed by atoms with E-state index in [1.54, 1.807) is 7.11 Å². The van der Waals surface area contributed by atoms with Gasteiger partial charge in [0.15, 0.2) is 0 Å². The molecule has 2 amide bonds. The summed E-state index contributed by atoms with van der Waals surface area (Å²) in [4.78, 5) is 26.9. The molecule has 0 spiro atoms. The molecule has 2 fully saturated rings. The van der Waals surface area contributed by atoms with E-state index in [1.165, 1.54) is 0 Å². The fourth-order valence-corrected chi connectivity index (χ4v) is 3.93. The van der Waals surface area contributed by atoms with Crippen LogP contribution in [0.25, 0.3) is 0 Å². The Morgan fingerprint density at radius 2 is 2.13 bits per heavy atom. The third kappa shape index (κ3) is 2.92. The number of hydrogen-bond acceptors (Lipinski definition) is 3. The van der Waals surface area contributed by atoms with Crippen molar-refractivity contribution in [2.75, 3.05) is 13.7 Å². The number of nitrogens with one attached hydrogen (secondary N) is 1. The molecule has 5 nitrogen and oxygen atoms in total. The van der Waals surface area contributed by atoms with Crippen LogP contribution in [0, 0.1) is 0 Å². The number of methoxy groups -OCH3 is 1. The number of rotatable bonds is 2. The predicted molar refractivity (Wildman–Crippen MR) is 87.5 cm³/mol. The van der Waals surface area contributed by atoms with Gasteiger partial charge in [0.1, 0.15) is 5.75 Å². The summed E-state index contributed by atoms with van der Waals surface area (Å²) in [6.45, 7) is 2.80. The number of hydrogen-bond donors (Lipinski definition) is 1. The second kappa shape index (κ2) is 6.22. The number of carbonyl (C=O) groups excluding carboxylic acids is 2. The van der Waals surface area contributed by atoms with E-state index in [4.69, 9.17) is 4.74 Å². The molecule has 0 aromatic heterocycles. The first-order chi connectivity index (χ1) is 11.0. The number of fused-ring (bicyclic) bond motifs is 1. The minimum Gasteiger partial charge on any atom is -0.496 e. The summed E-state index contributed by atoms with van der Waals surface area (Å²) >= 11 is 0. The number of benzene rings is 1. The van der Waals surface area contributed by atoms with Crippen molar-refractivity contribution in [2.24, 2.45) is 0 Å². The van der Waals surface area contributed by atoms with Crippen molar-refractivity contribution in [3.05, 3.63) is 29.8 Å². The van der Waals surface area contributed by atoms with Crippen molar-refractivity contribution >= 4 is 11.8 Å². The van der Waals surface area contributed by atoms with Gasteiger partial charge < -0.3 is 15.0 Å². The van der Waals surface area contributed by atoms with Crippen LogP contribution in [0.15, 0.2) is 24.3 Å². The van der Waals surface area contributed by atoms with Crippen molar-refractivity contribution in [1.29, 1.82) is 0 Å². The van der Waals surface area contributed by atoms with Crippen molar-refractivity contribution in [2.45, 2.75) is 50.6 Å². The first kappa shape index (κ1) is 15.8. The molecular formula is C18H24N2O3. The van der Waals surface area contributed by atoms with E-state index in [2.05, 4.69) is 12.2 Å². The van der Waals surface area contributed by atoms with Crippen LogP contribution in [0.5, 0.6) is 5.75 Å². The number of para-hydroxylation sites is 1. The molecule has 2 heterocycles. The highest BCUT2D eigenvalue weighted by Gasteiger charge is 2.45. The summed E-state index contributed by atoms with van der Waals surface area (Å²) in [5, 5.41) is 3.14. The molecule has 3 rings (SSSR count). The lowest BCUT2D eigenvalue weighted by atomic mass is 9.81. The molecule has 0 radical (unpaired) electrons. The normalized spacial score (nSPS) is 27.7. The minimum absolute atomic E-state index is 0.00303. The van der Waals surface area contributed by atoms with Gasteiger partial charge in [0.25, 0.3) is 5.91 Å². The van der Waals surface area contributed by atoms with Gasteiger partial charge in [-0.25, -0.2) is 0 Å². The quantitative estimate of drug-likeness (QED) is 0.911. The van der Waals surface area contributed by atoms with Gasteiger partial charge in [0.05, 0.1) is 24.3 Å². The van der Waals surface area contributed by atoms with Crippen LogP contribution in [0.3, 0.4) is 0 Å². The average molecular weight is 316 g/mol. The summed E-state index contributed by atoms with van der Waals surface area (Å²) in [5.41, 5.74) is 0.264. The van der Waals surface area contributed by atoms with E-state index in [9.17, 15) is 9.59 Å². The van der Waals surface area contributed by atoms with E-state index in [0.29, 0.717) is 17.7 Å². The van der Waals surface area contributed by atoms with Gasteiger partial charge in [-0.3, -0.25) is 9.59 Å². The van der Waals surface area contributed by atoms with E-state index in [-0.39, 0.29) is 23.4 Å². The summed E-state index contributed by atoms with van der Waals surface area (Å²) in [6.07, 6.45) is 4.10. The first-order valence-corrected chi connectivity index (χ1v) is 8.30. The Bertz CT molecular complexity index is 616. The molecule has 2 aliphatic rings. The number of carbonyl (C=O) groups is 2. The van der Waals surface area contributed by atoms with Crippen LogP contribution in [0.1, 0.15) is 49.4 Å². The summed E-state index contributed by atoms with van der Waals surface area (Å²) in [5.74, 6) is 0.690. The van der Waals surface area contributed by atoms with Crippen LogP contribution >= 0.6 is 0 Å². The van der Waals surface area contributed by atoms with E-state index in [1.807, 2.05) is 29.2 Å². The zero-order valence-corrected chi connectivity index (χ0v) is 13.8. The van der Waals surface area contributed by atoms with Crippen LogP contribution in [-0.4, -0.2) is 41.9 Å². The molecular weight excluding hydrogens is 292 g/mol. The fourth-order valence-electron chi connectivity index (χ4n) is 3.93. The zero-order chi connectivity index (χ0) is 16.4. The molecule has 1 aromatic carbocycles. The maximum absolute atomic E-state index is 13.1. The molecule has 0 unspecified atom stereocenters. The number of nitrogens with zero attached hydrogens (tertiary/aromatic N) is 1. The molecule has 0 saturated carbocycles. The van der Waals surface area contributed by atoms with E-state index < -0.39 is 0 Å². The highest BCUT2D eigenvalue weighted by molar-refractivity contribution is 5.97. The number of piperidine rings is 1. The molecule has 1 N–H and O–H groups in total. The topological polar surface area (TPSA) is 58.6 Å². The van der Waals surface area contributed by atoms with Crippen molar-refractivity contribution < 1.29 is 14.3 Å². The third-order valence-electron chi connectivity index (χ3n) is 5.12. The first-order valence-electron chi connectivity index (χ1n) is 8.30. The monoisotopic (exact) mass is 316 g/mol. The Hall–Kier alpha value is -2.04. The lowest BCUT2D eigenvalue weighted by molar-refractivity contribution is -0.126. The van der Waals surface area contributed by atoms with Crippen LogP contribution in [-0.2, 0) is 4.79 Å². The van der Waals surface area contributed by atoms with Gasteiger partial charge in [-0.05, 0) is 44.7 Å². The highest BCUT2D eigenvalue weighted by atomic mass is 16.5. The predicted octanol–water partition coefficient (Wildman–Crippen LogP) is 2.36. The van der Waals surface area contributed by atoms with Gasteiger partial charge in [-0.1, -0.05) is 12.1 Å². The van der Waals surface area contributed by atoms with E-state index in [0.717, 1.165) is 32.2 Å². The van der Waals surface area contributed by atoms with Crippen LogP contribution < -0.4 is 10.1 Å². The Morgan fingerprint density at radius 3 is 2.91 bits per heavy atom. The van der Waals surface area contributed by atoms with Crippen molar-refractivity contribution in [1.82, 2.24) is 10.2 Å². The average Bonchev–Trinajstić information content (AvgIpc) is 2.72. The van der Waals surface area contributed by atoms with Gasteiger partial charge in [0.2, 0.25) is 5.91 Å². The largest absolute Gasteiger partial charge is 0.496 e. The van der Waals surface area contributed by atoms with Gasteiger partial charge in [-0.15, -0.1) is 0 Å². The second-order valence-corrected chi connectivity index (χ2v) is 6.68.